The number of morpholine rings is 4. The number of rotatable bonds is 13. The fourth-order valence-corrected chi connectivity index (χ4v) is 17.1. The van der Waals surface area contributed by atoms with Crippen molar-refractivity contribution < 1.29 is 61.4 Å². The molecule has 0 bridgehead atoms. The number of nitrogens with one attached hydrogen (secondary N) is 7. The first kappa shape index (κ1) is 98.0. The highest BCUT2D eigenvalue weighted by molar-refractivity contribution is 9.11. The molecule has 0 radical (unpaired) electrons. The van der Waals surface area contributed by atoms with Crippen LogP contribution in [0, 0.1) is 55.4 Å². The third kappa shape index (κ3) is 23.9. The fraction of sp³-hybridized carbons (Fsp3) is 0.306. The number of carbonyl (C=O) groups excluding carboxylic acids is 3. The molecule has 0 saturated carbocycles. The zero-order chi connectivity index (χ0) is 96.3. The molecule has 14 aromatic rings. The number of aryl methyl sites for hydroxylation is 8. The number of hydrogen-bond acceptors (Lipinski definition) is 25. The van der Waals surface area contributed by atoms with Gasteiger partial charge in [-0.15, -0.1) is 0 Å². The molecular formula is C98H104BBr3N16O17. The first-order chi connectivity index (χ1) is 64.5. The van der Waals surface area contributed by atoms with Gasteiger partial charge in [-0.1, -0.05) is 0 Å². The van der Waals surface area contributed by atoms with E-state index in [1.807, 2.05) is 155 Å². The minimum atomic E-state index is -0.963. The van der Waals surface area contributed by atoms with Crippen LogP contribution in [0.1, 0.15) is 114 Å². The average Bonchev–Trinajstić information content (AvgIpc) is 1.71. The standard InChI is InChI=1S/C25H24N4O4.2C21H21BrN4O3.C11H12N2O.C10H15BO3.C10H11BrN2O3/c1-15-10-22(30)28-23-16(2)9-19(12-20(15)23)27-25(31)21-11-18(17-3-6-33-14-17)13-26-24(21)29-4-7-32-8-5-29;2*1-12-8-18(27)25-19-13(2)7-15(10-16(12)19)24-21(28)17-9-14(22)11-23-20(17)26-3-5-29-6-4-26;1-6-4-10(14)13-11-7(2)3-8(12)5-9(6)11;1-9(2)10(3,4)14-11(13-9)8-5-6-12-7-8;11-7-5-8(10(14)15)9(12-6-7)13-1-3-16-4-2-13/h3,6,9-14H,4-5,7-8H2,1-2H3,(H,27,31)(H,28,30);2*7-11H,3-6H2,1-2H3,(H,24,28)(H,25,27);3-5H,12H2,1-2H3,(H,13,14);5-7H,1-4H3;5-6H,1-4H2,(H,14,15). The quantitative estimate of drug-likeness (QED) is 0.0382. The first-order valence-electron chi connectivity index (χ1n) is 43.7. The Kier molecular flexibility index (Phi) is 31.3. The van der Waals surface area contributed by atoms with Crippen LogP contribution in [0.4, 0.5) is 46.0 Å². The molecule has 19 rings (SSSR count). The highest BCUT2D eigenvalue weighted by Crippen LogP contribution is 2.38. The molecule has 135 heavy (non-hydrogen) atoms. The van der Waals surface area contributed by atoms with Gasteiger partial charge in [-0.05, 0) is 260 Å². The Hall–Kier alpha value is -13.0. The molecule has 4 aromatic carbocycles. The summed E-state index contributed by atoms with van der Waals surface area (Å²) in [4.78, 5) is 135. The number of halogens is 3. The number of aromatic carboxylic acids is 1. The third-order valence-corrected chi connectivity index (χ3v) is 25.0. The summed E-state index contributed by atoms with van der Waals surface area (Å²) >= 11 is 10.0. The predicted molar refractivity (Wildman–Crippen MR) is 536 cm³/mol. The van der Waals surface area contributed by atoms with Gasteiger partial charge in [0, 0.05) is 176 Å². The summed E-state index contributed by atoms with van der Waals surface area (Å²) in [5, 5.41) is 21.8. The van der Waals surface area contributed by atoms with E-state index in [0.717, 1.165) is 119 Å². The van der Waals surface area contributed by atoms with E-state index in [2.05, 4.69) is 118 Å². The summed E-state index contributed by atoms with van der Waals surface area (Å²) in [5.74, 6) is 0.742. The second kappa shape index (κ2) is 43.1. The van der Waals surface area contributed by atoms with Crippen LogP contribution in [0.15, 0.2) is 200 Å². The number of nitrogens with zero attached hydrogens (tertiary/aromatic N) is 8. The Balaban J connectivity index is 0.000000134. The molecule has 0 aliphatic carbocycles. The zero-order valence-electron chi connectivity index (χ0n) is 76.7. The lowest BCUT2D eigenvalue weighted by atomic mass is 9.81. The van der Waals surface area contributed by atoms with Crippen LogP contribution in [0.2, 0.25) is 0 Å². The SMILES string of the molecule is CC1(C)OB(c2ccoc2)OC1(C)C.Cc1cc(=O)[nH]c2c(C)cc(N)cc12.Cc1cc(=O)[nH]c2c(C)cc(NC(=O)c3cc(-c4ccoc4)cnc3N3CCOCC3)cc12.Cc1cc(=O)[nH]c2c(C)cc(NC(=O)c3cc(Br)cnc3N3CCOCC3)cc12.Cc1cc(=O)[nH]c2c(C)cc(NC(=O)c3cc(Br)cnc3N3CCOCC3)cc12.O=C(O)c1cc(Br)cnc1N1CCOCC1. The monoisotopic (exact) mass is 2020 g/mol. The van der Waals surface area contributed by atoms with Crippen LogP contribution in [0.25, 0.3) is 54.7 Å². The van der Waals surface area contributed by atoms with Crippen LogP contribution < -0.4 is 69.0 Å². The van der Waals surface area contributed by atoms with Crippen LogP contribution in [0.5, 0.6) is 0 Å². The number of H-pyrrole nitrogens is 4. The lowest BCUT2D eigenvalue weighted by molar-refractivity contribution is 0.00578. The number of amides is 3. The maximum atomic E-state index is 13.5. The van der Waals surface area contributed by atoms with Gasteiger partial charge in [-0.25, -0.2) is 24.7 Å². The Morgan fingerprint density at radius 2 is 0.689 bits per heavy atom. The molecule has 37 heteroatoms. The molecule has 10 N–H and O–H groups in total. The van der Waals surface area contributed by atoms with E-state index in [-0.39, 0.29) is 63.8 Å². The van der Waals surface area contributed by atoms with Crippen LogP contribution in [0.3, 0.4) is 0 Å². The average molecular weight is 2030 g/mol. The smallest absolute Gasteiger partial charge is 0.478 e. The highest BCUT2D eigenvalue weighted by atomic mass is 79.9. The Labute approximate surface area is 802 Å². The van der Waals surface area contributed by atoms with Crippen molar-refractivity contribution in [1.82, 2.24) is 39.9 Å². The maximum Gasteiger partial charge on any atom is 0.498 e. The largest absolute Gasteiger partial charge is 0.498 e. The Morgan fingerprint density at radius 1 is 0.385 bits per heavy atom. The first-order valence-corrected chi connectivity index (χ1v) is 46.1. The van der Waals surface area contributed by atoms with Crippen LogP contribution >= 0.6 is 47.8 Å². The van der Waals surface area contributed by atoms with Crippen molar-refractivity contribution in [2.75, 3.05) is 146 Å². The van der Waals surface area contributed by atoms with E-state index >= 15 is 0 Å². The molecule has 3 amide bonds. The van der Waals surface area contributed by atoms with Gasteiger partial charge in [0.25, 0.3) is 17.7 Å². The molecule has 702 valence electrons. The van der Waals surface area contributed by atoms with Crippen molar-refractivity contribution >= 4 is 174 Å². The van der Waals surface area contributed by atoms with E-state index in [1.54, 1.807) is 92.3 Å². The number of ether oxygens (including phenoxy) is 4. The van der Waals surface area contributed by atoms with Crippen molar-refractivity contribution in [1.29, 1.82) is 0 Å². The number of carbonyl (C=O) groups is 4. The fourth-order valence-electron chi connectivity index (χ4n) is 16.1. The second-order valence-corrected chi connectivity index (χ2v) is 36.8. The van der Waals surface area contributed by atoms with E-state index in [0.29, 0.717) is 167 Å². The van der Waals surface area contributed by atoms with Crippen molar-refractivity contribution in [2.24, 2.45) is 0 Å². The normalized spacial score (nSPS) is 15.1. The van der Waals surface area contributed by atoms with Gasteiger partial charge in [0.15, 0.2) is 0 Å². The number of pyridine rings is 8. The summed E-state index contributed by atoms with van der Waals surface area (Å²) < 4.78 is 45.5. The number of fused-ring (bicyclic) bond motifs is 4. The van der Waals surface area contributed by atoms with Crippen molar-refractivity contribution in [2.45, 2.75) is 94.3 Å². The molecule has 0 atom stereocenters. The molecule has 0 spiro atoms. The summed E-state index contributed by atoms with van der Waals surface area (Å²) in [6.45, 7) is 33.7. The zero-order valence-corrected chi connectivity index (χ0v) is 81.4. The summed E-state index contributed by atoms with van der Waals surface area (Å²) in [6, 6.07) is 31.9. The molecular weight excluding hydrogens is 1920 g/mol. The van der Waals surface area contributed by atoms with Gasteiger partial charge < -0.3 is 103 Å². The lowest BCUT2D eigenvalue weighted by Crippen LogP contribution is -2.41. The topological polar surface area (TPSA) is 428 Å². The van der Waals surface area contributed by atoms with E-state index in [4.69, 9.17) is 47.9 Å². The number of furan rings is 2. The van der Waals surface area contributed by atoms with E-state index < -0.39 is 5.97 Å². The molecule has 5 saturated heterocycles. The number of carboxylic acids is 1. The van der Waals surface area contributed by atoms with Crippen molar-refractivity contribution in [3.63, 3.8) is 0 Å². The lowest BCUT2D eigenvalue weighted by Gasteiger charge is -2.32. The Morgan fingerprint density at radius 3 is 1.01 bits per heavy atom. The highest BCUT2D eigenvalue weighted by Gasteiger charge is 2.52. The molecule has 10 aromatic heterocycles. The van der Waals surface area contributed by atoms with Gasteiger partial charge >= 0.3 is 13.1 Å². The summed E-state index contributed by atoms with van der Waals surface area (Å²) in [5.41, 5.74) is 22.1. The van der Waals surface area contributed by atoms with Crippen molar-refractivity contribution in [3.8, 4) is 11.1 Å². The molecule has 5 aliphatic heterocycles. The minimum Gasteiger partial charge on any atom is -0.478 e. The summed E-state index contributed by atoms with van der Waals surface area (Å²) in [6.07, 6.45) is 13.3. The molecule has 15 heterocycles. The number of hydrogen-bond donors (Lipinski definition) is 9. The molecule has 0 unspecified atom stereocenters. The Bertz CT molecular complexity index is 6810. The second-order valence-electron chi connectivity index (χ2n) is 34.1. The molecule has 5 fully saturated rings. The number of nitrogen functional groups attached to an aromatic ring is 1. The summed E-state index contributed by atoms with van der Waals surface area (Å²) in [7, 11) is -0.307. The van der Waals surface area contributed by atoms with Crippen LogP contribution in [-0.4, -0.2) is 192 Å². The van der Waals surface area contributed by atoms with Gasteiger partial charge in [-0.2, -0.15) is 0 Å². The third-order valence-electron chi connectivity index (χ3n) is 23.7. The van der Waals surface area contributed by atoms with Gasteiger partial charge in [-0.3, -0.25) is 33.6 Å². The number of aromatic nitrogens is 8. The predicted octanol–water partition coefficient (Wildman–Crippen LogP) is 15.4. The van der Waals surface area contributed by atoms with Gasteiger partial charge in [0.2, 0.25) is 22.2 Å². The van der Waals surface area contributed by atoms with Gasteiger partial charge in [0.05, 0.1) is 128 Å². The number of aromatic amines is 4. The molecule has 33 nitrogen and oxygen atoms in total. The number of carboxylic acid groups (broad SMARTS) is 1. The van der Waals surface area contributed by atoms with E-state index in [1.165, 1.54) is 0 Å². The van der Waals surface area contributed by atoms with Gasteiger partial charge in [0.1, 0.15) is 28.8 Å². The maximum absolute atomic E-state index is 13.5. The van der Waals surface area contributed by atoms with E-state index in [9.17, 15) is 38.4 Å². The number of nitrogens with two attached hydrogens (primary N) is 1. The number of benzene rings is 4. The molecule has 5 aliphatic rings. The van der Waals surface area contributed by atoms with Crippen LogP contribution in [-0.2, 0) is 28.3 Å². The van der Waals surface area contributed by atoms with Crippen molar-refractivity contribution in [3.05, 3.63) is 281 Å². The number of anilines is 8. The minimum absolute atomic E-state index is 0.0668.